The lowest BCUT2D eigenvalue weighted by atomic mass is 9.90. The van der Waals surface area contributed by atoms with Crippen LogP contribution in [0.1, 0.15) is 36.8 Å². The zero-order valence-corrected chi connectivity index (χ0v) is 25.7. The van der Waals surface area contributed by atoms with Gasteiger partial charge in [-0.3, -0.25) is 4.90 Å². The summed E-state index contributed by atoms with van der Waals surface area (Å²) in [5, 5.41) is 6.08. The third-order valence-corrected chi connectivity index (χ3v) is 8.12. The molecule has 0 amide bonds. The largest absolute Gasteiger partial charge is 0.467 e. The highest BCUT2D eigenvalue weighted by Gasteiger charge is 2.37. The number of rotatable bonds is 10. The molecule has 0 atom stereocenters. The van der Waals surface area contributed by atoms with Crippen LogP contribution in [0.15, 0.2) is 72.2 Å². The van der Waals surface area contributed by atoms with E-state index in [1.54, 1.807) is 18.6 Å². The SMILES string of the molecule is COc1ncc(-c2ccc(N(C(N)=NCc3ccccc3)C3CCC(Nc4ncc(C(F)(F)F)c(NC5COC5)n4)CC3)nc2)cn1. The molecule has 4 heterocycles. The molecule has 2 fully saturated rings. The molecule has 0 radical (unpaired) electrons. The molecule has 1 aliphatic carbocycles. The van der Waals surface area contributed by atoms with Crippen molar-refractivity contribution in [1.29, 1.82) is 0 Å². The van der Waals surface area contributed by atoms with Gasteiger partial charge in [-0.15, -0.1) is 0 Å². The van der Waals surface area contributed by atoms with Crippen molar-refractivity contribution in [2.75, 3.05) is 35.9 Å². The van der Waals surface area contributed by atoms with Crippen molar-refractivity contribution in [3.05, 3.63) is 78.4 Å². The van der Waals surface area contributed by atoms with E-state index >= 15 is 0 Å². The Hall–Kier alpha value is -5.05. The second kappa shape index (κ2) is 14.2. The highest BCUT2D eigenvalue weighted by atomic mass is 19.4. The number of methoxy groups -OCH3 is 1. The summed E-state index contributed by atoms with van der Waals surface area (Å²) in [6.45, 7) is 1.07. The molecule has 0 unspecified atom stereocenters. The van der Waals surface area contributed by atoms with E-state index in [0.29, 0.717) is 44.4 Å². The van der Waals surface area contributed by atoms with Crippen molar-refractivity contribution in [1.82, 2.24) is 24.9 Å². The van der Waals surface area contributed by atoms with Gasteiger partial charge in [0.1, 0.15) is 17.2 Å². The van der Waals surface area contributed by atoms with Gasteiger partial charge in [-0.2, -0.15) is 18.2 Å². The Morgan fingerprint density at radius 1 is 0.915 bits per heavy atom. The summed E-state index contributed by atoms with van der Waals surface area (Å²) in [6, 6.07) is 13.7. The number of aliphatic imine (C=N–C) groups is 1. The Morgan fingerprint density at radius 2 is 1.64 bits per heavy atom. The summed E-state index contributed by atoms with van der Waals surface area (Å²) in [6.07, 6.45) is 4.19. The van der Waals surface area contributed by atoms with Crippen LogP contribution in [0.3, 0.4) is 0 Å². The summed E-state index contributed by atoms with van der Waals surface area (Å²) >= 11 is 0. The number of benzene rings is 1. The minimum atomic E-state index is -4.58. The van der Waals surface area contributed by atoms with Crippen LogP contribution in [0.5, 0.6) is 6.01 Å². The van der Waals surface area contributed by atoms with Crippen molar-refractivity contribution >= 4 is 23.5 Å². The summed E-state index contributed by atoms with van der Waals surface area (Å²) in [7, 11) is 1.51. The second-order valence-electron chi connectivity index (χ2n) is 11.4. The Morgan fingerprint density at radius 3 is 2.26 bits per heavy atom. The second-order valence-corrected chi connectivity index (χ2v) is 11.4. The van der Waals surface area contributed by atoms with Gasteiger partial charge in [0, 0.05) is 48.0 Å². The zero-order valence-electron chi connectivity index (χ0n) is 25.7. The van der Waals surface area contributed by atoms with Crippen LogP contribution in [0.4, 0.5) is 30.8 Å². The van der Waals surface area contributed by atoms with E-state index in [0.717, 1.165) is 35.7 Å². The van der Waals surface area contributed by atoms with Gasteiger partial charge in [0.05, 0.1) is 32.9 Å². The van der Waals surface area contributed by atoms with E-state index in [1.807, 2.05) is 47.4 Å². The highest BCUT2D eigenvalue weighted by Crippen LogP contribution is 2.35. The zero-order chi connectivity index (χ0) is 32.8. The predicted molar refractivity (Wildman–Crippen MR) is 171 cm³/mol. The van der Waals surface area contributed by atoms with Crippen molar-refractivity contribution in [2.24, 2.45) is 10.7 Å². The molecule has 0 bridgehead atoms. The van der Waals surface area contributed by atoms with Gasteiger partial charge in [0.25, 0.3) is 0 Å². The Labute approximate surface area is 269 Å². The van der Waals surface area contributed by atoms with Crippen LogP contribution in [-0.2, 0) is 17.5 Å². The Balaban J connectivity index is 1.17. The molecule has 3 aromatic heterocycles. The fraction of sp³-hybridized carbons (Fsp3) is 0.375. The van der Waals surface area contributed by atoms with Crippen molar-refractivity contribution < 1.29 is 22.6 Å². The maximum atomic E-state index is 13.6. The predicted octanol–water partition coefficient (Wildman–Crippen LogP) is 4.91. The number of guanidine groups is 1. The van der Waals surface area contributed by atoms with E-state index in [2.05, 4.69) is 30.6 Å². The molecule has 6 rings (SSSR count). The molecule has 4 aromatic rings. The van der Waals surface area contributed by atoms with E-state index < -0.39 is 11.7 Å². The van der Waals surface area contributed by atoms with E-state index in [9.17, 15) is 13.2 Å². The minimum absolute atomic E-state index is 0.0142. The van der Waals surface area contributed by atoms with Gasteiger partial charge >= 0.3 is 12.2 Å². The van der Waals surface area contributed by atoms with Crippen LogP contribution in [0.25, 0.3) is 11.1 Å². The normalized spacial score (nSPS) is 18.7. The molecule has 12 nitrogen and oxygen atoms in total. The summed E-state index contributed by atoms with van der Waals surface area (Å²) in [4.78, 5) is 28.0. The summed E-state index contributed by atoms with van der Waals surface area (Å²) in [5.41, 5.74) is 8.40. The lowest BCUT2D eigenvalue weighted by Crippen LogP contribution is -2.48. The van der Waals surface area contributed by atoms with Crippen molar-refractivity contribution in [3.63, 3.8) is 0 Å². The number of nitrogens with two attached hydrogens (primary N) is 1. The van der Waals surface area contributed by atoms with Gasteiger partial charge in [-0.25, -0.2) is 24.9 Å². The molecular formula is C32H35F3N10O2. The molecule has 1 saturated heterocycles. The van der Waals surface area contributed by atoms with Crippen LogP contribution >= 0.6 is 0 Å². The van der Waals surface area contributed by atoms with Crippen LogP contribution in [0.2, 0.25) is 0 Å². The number of halogens is 3. The summed E-state index contributed by atoms with van der Waals surface area (Å²) < 4.78 is 51.0. The van der Waals surface area contributed by atoms with Crippen molar-refractivity contribution in [3.8, 4) is 17.1 Å². The Kier molecular flexibility index (Phi) is 9.61. The third kappa shape index (κ3) is 7.85. The highest BCUT2D eigenvalue weighted by molar-refractivity contribution is 5.94. The molecule has 2 aliphatic rings. The number of anilines is 3. The van der Waals surface area contributed by atoms with Gasteiger partial charge < -0.3 is 25.8 Å². The number of pyridine rings is 1. The quantitative estimate of drug-likeness (QED) is 0.159. The summed E-state index contributed by atoms with van der Waals surface area (Å²) in [5.74, 6) is 0.891. The van der Waals surface area contributed by atoms with Gasteiger partial charge in [-0.1, -0.05) is 30.3 Å². The first-order valence-corrected chi connectivity index (χ1v) is 15.3. The number of nitrogens with one attached hydrogen (secondary N) is 2. The lowest BCUT2D eigenvalue weighted by molar-refractivity contribution is -0.137. The van der Waals surface area contributed by atoms with Crippen LogP contribution < -0.4 is 26.0 Å². The Bertz CT molecular complexity index is 1640. The first-order valence-electron chi connectivity index (χ1n) is 15.3. The number of hydrogen-bond donors (Lipinski definition) is 3. The molecule has 246 valence electrons. The van der Waals surface area contributed by atoms with Gasteiger partial charge in [-0.05, 0) is 43.4 Å². The number of aromatic nitrogens is 5. The molecule has 1 aromatic carbocycles. The monoisotopic (exact) mass is 648 g/mol. The minimum Gasteiger partial charge on any atom is -0.467 e. The maximum absolute atomic E-state index is 13.6. The third-order valence-electron chi connectivity index (χ3n) is 8.12. The fourth-order valence-electron chi connectivity index (χ4n) is 5.54. The van der Waals surface area contributed by atoms with Gasteiger partial charge in [0.15, 0.2) is 5.96 Å². The molecule has 4 N–H and O–H groups in total. The van der Waals surface area contributed by atoms with E-state index in [4.69, 9.17) is 25.2 Å². The first-order chi connectivity index (χ1) is 22.8. The number of ether oxygens (including phenoxy) is 2. The van der Waals surface area contributed by atoms with Crippen LogP contribution in [0, 0.1) is 0 Å². The maximum Gasteiger partial charge on any atom is 0.421 e. The van der Waals surface area contributed by atoms with Crippen LogP contribution in [-0.4, -0.2) is 69.3 Å². The molecule has 0 spiro atoms. The average Bonchev–Trinajstić information content (AvgIpc) is 3.07. The number of hydrogen-bond acceptors (Lipinski definition) is 10. The van der Waals surface area contributed by atoms with Gasteiger partial charge in [0.2, 0.25) is 5.95 Å². The first kappa shape index (κ1) is 31.9. The topological polar surface area (TPSA) is 149 Å². The molecule has 47 heavy (non-hydrogen) atoms. The van der Waals surface area contributed by atoms with E-state index in [1.165, 1.54) is 7.11 Å². The average molecular weight is 649 g/mol. The fourth-order valence-corrected chi connectivity index (χ4v) is 5.54. The van der Waals surface area contributed by atoms with Crippen molar-refractivity contribution in [2.45, 2.75) is 56.5 Å². The molecule has 1 saturated carbocycles. The molecular weight excluding hydrogens is 613 g/mol. The smallest absolute Gasteiger partial charge is 0.421 e. The molecule has 15 heteroatoms. The number of nitrogens with zero attached hydrogens (tertiary/aromatic N) is 7. The molecule has 1 aliphatic heterocycles. The van der Waals surface area contributed by atoms with E-state index in [-0.39, 0.29) is 35.9 Å². The lowest BCUT2D eigenvalue weighted by Gasteiger charge is -2.37. The standard InChI is InChI=1S/C32H35F3N10O2/c1-46-31-40-15-22(16-41-31)21-7-12-27(37-14-21)45(29(36)38-13-20-5-3-2-4-6-20)25-10-8-23(9-11-25)43-30-39-17-26(32(33,34)35)28(44-30)42-24-18-47-19-24/h2-7,12,14-17,23-25H,8-11,13,18-19H2,1H3,(H2,36,38)(H2,39,42,43,44). The number of alkyl halides is 3.